The number of nitrogens with one attached hydrogen (secondary N) is 2. The molecule has 0 spiro atoms. The summed E-state index contributed by atoms with van der Waals surface area (Å²) >= 11 is 5.56. The zero-order valence-electron chi connectivity index (χ0n) is 16.0. The van der Waals surface area contributed by atoms with Crippen LogP contribution in [0.25, 0.3) is 0 Å². The molecular formula is C19H18ClF3N4O4. The third-order valence-electron chi connectivity index (χ3n) is 3.55. The van der Waals surface area contributed by atoms with Crippen molar-refractivity contribution in [2.24, 2.45) is 0 Å². The number of carbonyl (C=O) groups is 2. The predicted molar refractivity (Wildman–Crippen MR) is 104 cm³/mol. The lowest BCUT2D eigenvalue weighted by Gasteiger charge is -2.11. The number of benzene rings is 1. The van der Waals surface area contributed by atoms with Crippen LogP contribution in [0.15, 0.2) is 42.9 Å². The highest BCUT2D eigenvalue weighted by atomic mass is 35.5. The lowest BCUT2D eigenvalue weighted by Crippen LogP contribution is -2.33. The van der Waals surface area contributed by atoms with E-state index in [1.165, 1.54) is 12.1 Å². The fourth-order valence-corrected chi connectivity index (χ4v) is 2.19. The van der Waals surface area contributed by atoms with Crippen LogP contribution in [0.3, 0.4) is 0 Å². The quantitative estimate of drug-likeness (QED) is 0.537. The van der Waals surface area contributed by atoms with Gasteiger partial charge in [-0.2, -0.15) is 0 Å². The zero-order valence-corrected chi connectivity index (χ0v) is 16.8. The van der Waals surface area contributed by atoms with Crippen LogP contribution in [-0.4, -0.2) is 41.5 Å². The van der Waals surface area contributed by atoms with Crippen LogP contribution < -0.4 is 20.1 Å². The first-order chi connectivity index (χ1) is 14.7. The van der Waals surface area contributed by atoms with Crippen molar-refractivity contribution in [2.45, 2.75) is 12.8 Å². The van der Waals surface area contributed by atoms with Gasteiger partial charge in [0, 0.05) is 24.7 Å². The van der Waals surface area contributed by atoms with Crippen molar-refractivity contribution in [3.05, 3.63) is 59.4 Å². The molecular weight excluding hydrogens is 441 g/mol. The number of ether oxygens (including phenoxy) is 2. The van der Waals surface area contributed by atoms with Crippen LogP contribution in [0.2, 0.25) is 5.02 Å². The Morgan fingerprint density at radius 3 is 2.52 bits per heavy atom. The molecule has 8 nitrogen and oxygen atoms in total. The molecule has 0 fully saturated rings. The van der Waals surface area contributed by atoms with Gasteiger partial charge in [0.25, 0.3) is 18.2 Å². The molecule has 0 aliphatic heterocycles. The predicted octanol–water partition coefficient (Wildman–Crippen LogP) is 2.80. The molecule has 31 heavy (non-hydrogen) atoms. The maximum absolute atomic E-state index is 13.3. The molecule has 0 aliphatic rings. The Bertz CT molecular complexity index is 929. The van der Waals surface area contributed by atoms with E-state index in [1.807, 2.05) is 0 Å². The van der Waals surface area contributed by atoms with E-state index >= 15 is 0 Å². The van der Waals surface area contributed by atoms with Gasteiger partial charge in [-0.15, -0.1) is 0 Å². The number of nitrogens with zero attached hydrogens (tertiary/aromatic N) is 2. The first-order valence-corrected chi connectivity index (χ1v) is 9.17. The third-order valence-corrected chi connectivity index (χ3v) is 3.86. The summed E-state index contributed by atoms with van der Waals surface area (Å²) in [6, 6.07) is 3.78. The number of halogens is 4. The maximum Gasteiger partial charge on any atom is 0.281 e. The van der Waals surface area contributed by atoms with E-state index in [0.717, 1.165) is 18.5 Å². The molecule has 1 heterocycles. The molecule has 0 radical (unpaired) electrons. The Kier molecular flexibility index (Phi) is 9.07. The van der Waals surface area contributed by atoms with Crippen molar-refractivity contribution in [2.75, 3.05) is 19.8 Å². The van der Waals surface area contributed by atoms with Crippen molar-refractivity contribution in [3.63, 3.8) is 0 Å². The molecule has 12 heteroatoms. The van der Waals surface area contributed by atoms with E-state index in [2.05, 4.69) is 27.2 Å². The van der Waals surface area contributed by atoms with E-state index in [-0.39, 0.29) is 36.2 Å². The van der Waals surface area contributed by atoms with Crippen molar-refractivity contribution in [1.82, 2.24) is 20.6 Å². The monoisotopic (exact) mass is 458 g/mol. The molecule has 0 bridgehead atoms. The summed E-state index contributed by atoms with van der Waals surface area (Å²) in [5.41, 5.74) is -0.173. The van der Waals surface area contributed by atoms with Crippen LogP contribution in [0, 0.1) is 5.82 Å². The van der Waals surface area contributed by atoms with Gasteiger partial charge in [0.2, 0.25) is 5.88 Å². The van der Waals surface area contributed by atoms with Gasteiger partial charge in [-0.25, -0.2) is 23.1 Å². The second kappa shape index (κ2) is 11.7. The summed E-state index contributed by atoms with van der Waals surface area (Å²) in [7, 11) is 0. The SMILES string of the molecule is C=C(CCNC(=O)COc1cnc(C(F)F)cn1)NC(=O)COc1ccc(Cl)c(F)c1. The second-order valence-electron chi connectivity index (χ2n) is 5.99. The lowest BCUT2D eigenvalue weighted by molar-refractivity contribution is -0.123. The van der Waals surface area contributed by atoms with Crippen molar-refractivity contribution >= 4 is 23.4 Å². The Morgan fingerprint density at radius 2 is 1.87 bits per heavy atom. The van der Waals surface area contributed by atoms with Gasteiger partial charge in [0.05, 0.1) is 17.4 Å². The molecule has 0 aliphatic carbocycles. The molecule has 166 valence electrons. The van der Waals surface area contributed by atoms with Gasteiger partial charge in [0.15, 0.2) is 13.2 Å². The number of alkyl halides is 2. The minimum Gasteiger partial charge on any atom is -0.484 e. The summed E-state index contributed by atoms with van der Waals surface area (Å²) in [5, 5.41) is 4.95. The van der Waals surface area contributed by atoms with E-state index in [9.17, 15) is 22.8 Å². The molecule has 0 saturated carbocycles. The van der Waals surface area contributed by atoms with Gasteiger partial charge in [0.1, 0.15) is 17.3 Å². The maximum atomic E-state index is 13.3. The minimum absolute atomic E-state index is 0.0600. The minimum atomic E-state index is -2.74. The van der Waals surface area contributed by atoms with Gasteiger partial charge in [-0.1, -0.05) is 18.2 Å². The number of hydrogen-bond acceptors (Lipinski definition) is 6. The topological polar surface area (TPSA) is 102 Å². The Morgan fingerprint density at radius 1 is 1.13 bits per heavy atom. The smallest absolute Gasteiger partial charge is 0.281 e. The molecule has 0 saturated heterocycles. The zero-order chi connectivity index (χ0) is 22.8. The summed E-state index contributed by atoms with van der Waals surface area (Å²) in [6.45, 7) is 3.05. The molecule has 2 rings (SSSR count). The first kappa shape index (κ1) is 23.9. The van der Waals surface area contributed by atoms with Gasteiger partial charge >= 0.3 is 0 Å². The summed E-state index contributed by atoms with van der Waals surface area (Å²) in [6.07, 6.45) is -0.661. The molecule has 0 unspecified atom stereocenters. The molecule has 1 aromatic carbocycles. The van der Waals surface area contributed by atoms with Crippen molar-refractivity contribution in [1.29, 1.82) is 0 Å². The summed E-state index contributed by atoms with van der Waals surface area (Å²) in [5.74, 6) is -1.60. The van der Waals surface area contributed by atoms with Gasteiger partial charge in [-0.3, -0.25) is 9.59 Å². The Labute approximate surface area is 180 Å². The molecule has 0 atom stereocenters. The Balaban J connectivity index is 1.61. The van der Waals surface area contributed by atoms with E-state index in [1.54, 1.807) is 0 Å². The number of rotatable bonds is 11. The van der Waals surface area contributed by atoms with Gasteiger partial charge in [-0.05, 0) is 12.1 Å². The number of hydrogen-bond donors (Lipinski definition) is 2. The second-order valence-corrected chi connectivity index (χ2v) is 6.39. The molecule has 2 N–H and O–H groups in total. The highest BCUT2D eigenvalue weighted by molar-refractivity contribution is 6.30. The normalized spacial score (nSPS) is 10.5. The summed E-state index contributed by atoms with van der Waals surface area (Å²) < 4.78 is 48.3. The van der Waals surface area contributed by atoms with Crippen molar-refractivity contribution < 1.29 is 32.2 Å². The van der Waals surface area contributed by atoms with Crippen LogP contribution in [0.5, 0.6) is 11.6 Å². The number of aromatic nitrogens is 2. The lowest BCUT2D eigenvalue weighted by atomic mass is 10.3. The molecule has 2 aromatic rings. The average molecular weight is 459 g/mol. The van der Waals surface area contributed by atoms with Crippen LogP contribution >= 0.6 is 11.6 Å². The van der Waals surface area contributed by atoms with Crippen LogP contribution in [-0.2, 0) is 9.59 Å². The average Bonchev–Trinajstić information content (AvgIpc) is 2.73. The van der Waals surface area contributed by atoms with Crippen LogP contribution in [0.4, 0.5) is 13.2 Å². The van der Waals surface area contributed by atoms with Crippen LogP contribution in [0.1, 0.15) is 18.5 Å². The fourth-order valence-electron chi connectivity index (χ4n) is 2.07. The number of carbonyl (C=O) groups excluding carboxylic acids is 2. The first-order valence-electron chi connectivity index (χ1n) is 8.79. The number of amides is 2. The summed E-state index contributed by atoms with van der Waals surface area (Å²) in [4.78, 5) is 30.6. The Hall–Kier alpha value is -3.34. The van der Waals surface area contributed by atoms with Crippen molar-refractivity contribution in [3.8, 4) is 11.6 Å². The third kappa shape index (κ3) is 8.51. The van der Waals surface area contributed by atoms with E-state index in [4.69, 9.17) is 21.1 Å². The standard InChI is InChI=1S/C19H18ClF3N4O4/c1-11(27-17(29)10-30-12-2-3-13(20)14(21)6-12)4-5-24-16(28)9-31-18-8-25-15(7-26-18)19(22)23/h2-3,6-8,19H,1,4-5,9-10H2,(H,24,28)(H,27,29). The highest BCUT2D eigenvalue weighted by Crippen LogP contribution is 2.20. The fraction of sp³-hybridized carbons (Fsp3) is 0.263. The van der Waals surface area contributed by atoms with E-state index < -0.39 is 36.4 Å². The van der Waals surface area contributed by atoms with E-state index in [0.29, 0.717) is 5.70 Å². The highest BCUT2D eigenvalue weighted by Gasteiger charge is 2.11. The molecule has 1 aromatic heterocycles. The largest absolute Gasteiger partial charge is 0.484 e. The van der Waals surface area contributed by atoms with Gasteiger partial charge < -0.3 is 20.1 Å². The molecule has 2 amide bonds.